The van der Waals surface area contributed by atoms with E-state index in [1.165, 1.54) is 6.42 Å². The van der Waals surface area contributed by atoms with Crippen LogP contribution in [0.4, 0.5) is 0 Å². The summed E-state index contributed by atoms with van der Waals surface area (Å²) in [6.45, 7) is 4.73. The summed E-state index contributed by atoms with van der Waals surface area (Å²) in [5.41, 5.74) is 1.37. The van der Waals surface area contributed by atoms with Crippen molar-refractivity contribution in [2.24, 2.45) is 5.92 Å². The van der Waals surface area contributed by atoms with Gasteiger partial charge in [-0.25, -0.2) is 0 Å². The van der Waals surface area contributed by atoms with Crippen molar-refractivity contribution in [3.63, 3.8) is 0 Å². The molecule has 3 heterocycles. The second kappa shape index (κ2) is 7.47. The van der Waals surface area contributed by atoms with Gasteiger partial charge in [-0.2, -0.15) is 0 Å². The van der Waals surface area contributed by atoms with E-state index in [9.17, 15) is 9.59 Å². The van der Waals surface area contributed by atoms with E-state index < -0.39 is 5.54 Å². The SMILES string of the molecule is CC1CCC(NC(=O)[C@@]2(C)Cn3c(cc4occc43)C(=O)N2C2CCCCC2)CC1. The number of hydrogen-bond acceptors (Lipinski definition) is 3. The third kappa shape index (κ3) is 3.15. The molecule has 6 heteroatoms. The van der Waals surface area contributed by atoms with Gasteiger partial charge >= 0.3 is 0 Å². The minimum atomic E-state index is -0.891. The van der Waals surface area contributed by atoms with Crippen LogP contribution in [0.1, 0.15) is 82.1 Å². The van der Waals surface area contributed by atoms with E-state index in [0.717, 1.165) is 62.8 Å². The molecule has 2 fully saturated rings. The Labute approximate surface area is 178 Å². The highest BCUT2D eigenvalue weighted by molar-refractivity contribution is 6.03. The van der Waals surface area contributed by atoms with Crippen LogP contribution in [-0.4, -0.2) is 38.9 Å². The molecule has 0 radical (unpaired) electrons. The summed E-state index contributed by atoms with van der Waals surface area (Å²) in [4.78, 5) is 29.4. The molecule has 1 atom stereocenters. The van der Waals surface area contributed by atoms with Gasteiger partial charge in [-0.1, -0.05) is 26.2 Å². The van der Waals surface area contributed by atoms with E-state index >= 15 is 0 Å². The van der Waals surface area contributed by atoms with E-state index in [1.54, 1.807) is 6.26 Å². The van der Waals surface area contributed by atoms with E-state index in [0.29, 0.717) is 17.8 Å². The number of furan rings is 1. The molecule has 2 aromatic rings. The Morgan fingerprint density at radius 1 is 1.13 bits per heavy atom. The van der Waals surface area contributed by atoms with Crippen LogP contribution < -0.4 is 5.32 Å². The average molecular weight is 412 g/mol. The highest BCUT2D eigenvalue weighted by Gasteiger charge is 2.51. The van der Waals surface area contributed by atoms with E-state index in [1.807, 2.05) is 28.5 Å². The van der Waals surface area contributed by atoms with Gasteiger partial charge in [-0.15, -0.1) is 0 Å². The van der Waals surface area contributed by atoms with Crippen molar-refractivity contribution in [2.75, 3.05) is 0 Å². The number of nitrogens with zero attached hydrogens (tertiary/aromatic N) is 2. The Balaban J connectivity index is 1.50. The Hall–Kier alpha value is -2.24. The lowest BCUT2D eigenvalue weighted by molar-refractivity contribution is -0.135. The molecule has 30 heavy (non-hydrogen) atoms. The maximum absolute atomic E-state index is 13.7. The molecule has 2 saturated carbocycles. The second-order valence-electron chi connectivity index (χ2n) is 9.96. The molecule has 2 amide bonds. The van der Waals surface area contributed by atoms with Crippen LogP contribution in [0.15, 0.2) is 22.8 Å². The van der Waals surface area contributed by atoms with Crippen molar-refractivity contribution in [1.29, 1.82) is 0 Å². The summed E-state index contributed by atoms with van der Waals surface area (Å²) in [5.74, 6) is 0.701. The largest absolute Gasteiger partial charge is 0.463 e. The average Bonchev–Trinajstić information content (AvgIpc) is 3.33. The quantitative estimate of drug-likeness (QED) is 0.810. The van der Waals surface area contributed by atoms with Gasteiger partial charge in [-0.3, -0.25) is 9.59 Å². The normalized spacial score (nSPS) is 30.5. The zero-order chi connectivity index (χ0) is 20.9. The molecule has 0 bridgehead atoms. The summed E-state index contributed by atoms with van der Waals surface area (Å²) >= 11 is 0. The molecule has 0 spiro atoms. The number of carbonyl (C=O) groups is 2. The van der Waals surface area contributed by atoms with Gasteiger partial charge in [0.05, 0.1) is 18.3 Å². The van der Waals surface area contributed by atoms with Crippen molar-refractivity contribution in [2.45, 2.75) is 95.8 Å². The first-order valence-electron chi connectivity index (χ1n) is 11.7. The molecule has 6 nitrogen and oxygen atoms in total. The lowest BCUT2D eigenvalue weighted by Crippen LogP contribution is -2.67. The minimum Gasteiger partial charge on any atom is -0.463 e. The molecule has 2 aliphatic carbocycles. The Kier molecular flexibility index (Phi) is 4.91. The molecule has 5 rings (SSSR count). The van der Waals surface area contributed by atoms with E-state index in [-0.39, 0.29) is 23.9 Å². The Morgan fingerprint density at radius 2 is 1.87 bits per heavy atom. The predicted molar refractivity (Wildman–Crippen MR) is 115 cm³/mol. The summed E-state index contributed by atoms with van der Waals surface area (Å²) in [6, 6.07) is 4.08. The van der Waals surface area contributed by atoms with Gasteiger partial charge in [0.25, 0.3) is 5.91 Å². The zero-order valence-corrected chi connectivity index (χ0v) is 18.2. The van der Waals surface area contributed by atoms with Gasteiger partial charge in [-0.05, 0) is 51.4 Å². The fraction of sp³-hybridized carbons (Fsp3) is 0.667. The number of carbonyl (C=O) groups excluding carboxylic acids is 2. The van der Waals surface area contributed by atoms with Gasteiger partial charge in [0, 0.05) is 24.2 Å². The van der Waals surface area contributed by atoms with Crippen molar-refractivity contribution >= 4 is 22.9 Å². The van der Waals surface area contributed by atoms with E-state index in [4.69, 9.17) is 4.42 Å². The fourth-order valence-corrected chi connectivity index (χ4v) is 5.89. The fourth-order valence-electron chi connectivity index (χ4n) is 5.89. The maximum Gasteiger partial charge on any atom is 0.271 e. The molecule has 162 valence electrons. The molecule has 0 unspecified atom stereocenters. The summed E-state index contributed by atoms with van der Waals surface area (Å²) < 4.78 is 7.56. The molecule has 3 aliphatic rings. The predicted octanol–water partition coefficient (Wildman–Crippen LogP) is 4.48. The van der Waals surface area contributed by atoms with Crippen LogP contribution in [0.3, 0.4) is 0 Å². The number of rotatable bonds is 3. The molecule has 2 aromatic heterocycles. The summed E-state index contributed by atoms with van der Waals surface area (Å²) in [5, 5.41) is 3.33. The van der Waals surface area contributed by atoms with Gasteiger partial charge in [0.2, 0.25) is 5.91 Å². The molecule has 0 aromatic carbocycles. The van der Waals surface area contributed by atoms with Crippen molar-refractivity contribution in [1.82, 2.24) is 14.8 Å². The Bertz CT molecular complexity index is 946. The molecule has 1 aliphatic heterocycles. The molecule has 0 saturated heterocycles. The smallest absolute Gasteiger partial charge is 0.271 e. The number of amides is 2. The number of aromatic nitrogens is 1. The van der Waals surface area contributed by atoms with Crippen LogP contribution in [0.2, 0.25) is 0 Å². The highest BCUT2D eigenvalue weighted by atomic mass is 16.3. The Morgan fingerprint density at radius 3 is 2.60 bits per heavy atom. The van der Waals surface area contributed by atoms with Crippen LogP contribution in [-0.2, 0) is 11.3 Å². The van der Waals surface area contributed by atoms with E-state index in [2.05, 4.69) is 12.2 Å². The van der Waals surface area contributed by atoms with Crippen LogP contribution in [0, 0.1) is 5.92 Å². The standard InChI is InChI=1S/C24H33N3O3/c1-16-8-10-17(11-9-16)25-23(29)24(2)15-26-19-12-13-30-21(19)14-20(26)22(28)27(24)18-6-4-3-5-7-18/h12-14,16-18H,3-11,15H2,1-2H3,(H,25,29)/t16?,17?,24-/m1/s1. The van der Waals surface area contributed by atoms with Crippen LogP contribution >= 0.6 is 0 Å². The monoisotopic (exact) mass is 411 g/mol. The number of hydrogen-bond donors (Lipinski definition) is 1. The van der Waals surface area contributed by atoms with Crippen LogP contribution in [0.5, 0.6) is 0 Å². The lowest BCUT2D eigenvalue weighted by atomic mass is 9.85. The topological polar surface area (TPSA) is 67.5 Å². The first kappa shape index (κ1) is 19.7. The number of fused-ring (bicyclic) bond motifs is 3. The van der Waals surface area contributed by atoms with Crippen molar-refractivity contribution in [3.05, 3.63) is 24.1 Å². The van der Waals surface area contributed by atoms with Crippen molar-refractivity contribution < 1.29 is 14.0 Å². The zero-order valence-electron chi connectivity index (χ0n) is 18.2. The molecular formula is C24H33N3O3. The third-order valence-electron chi connectivity index (χ3n) is 7.74. The molecular weight excluding hydrogens is 378 g/mol. The van der Waals surface area contributed by atoms with Crippen molar-refractivity contribution in [3.8, 4) is 0 Å². The number of nitrogens with one attached hydrogen (secondary N) is 1. The van der Waals surface area contributed by atoms with Gasteiger partial charge < -0.3 is 19.2 Å². The minimum absolute atomic E-state index is 0.00280. The first-order chi connectivity index (χ1) is 14.5. The molecule has 1 N–H and O–H groups in total. The van der Waals surface area contributed by atoms with Gasteiger partial charge in [0.15, 0.2) is 5.58 Å². The summed E-state index contributed by atoms with van der Waals surface area (Å²) in [7, 11) is 0. The first-order valence-corrected chi connectivity index (χ1v) is 11.7. The van der Waals surface area contributed by atoms with Gasteiger partial charge in [0.1, 0.15) is 11.2 Å². The second-order valence-corrected chi connectivity index (χ2v) is 9.96. The third-order valence-corrected chi connectivity index (χ3v) is 7.74. The summed E-state index contributed by atoms with van der Waals surface area (Å²) in [6.07, 6.45) is 11.4. The maximum atomic E-state index is 13.7. The lowest BCUT2D eigenvalue weighted by Gasteiger charge is -2.49. The van der Waals surface area contributed by atoms with Crippen LogP contribution in [0.25, 0.3) is 11.1 Å². The highest BCUT2D eigenvalue weighted by Crippen LogP contribution is 2.38.